The SMILES string of the molecule is COc1ccc(CNC(=O)Cn2cccc(S(=O)(=O)N3CCC(C)CC3)c2=O)cc1. The molecule has 162 valence electrons. The van der Waals surface area contributed by atoms with Crippen LogP contribution in [0.1, 0.15) is 25.3 Å². The Balaban J connectivity index is 1.68. The number of sulfonamides is 1. The van der Waals surface area contributed by atoms with Crippen LogP contribution in [0.3, 0.4) is 0 Å². The first-order chi connectivity index (χ1) is 14.3. The monoisotopic (exact) mass is 433 g/mol. The van der Waals surface area contributed by atoms with E-state index in [9.17, 15) is 18.0 Å². The van der Waals surface area contributed by atoms with Crippen LogP contribution in [0.4, 0.5) is 0 Å². The smallest absolute Gasteiger partial charge is 0.271 e. The van der Waals surface area contributed by atoms with E-state index in [1.54, 1.807) is 19.2 Å². The van der Waals surface area contributed by atoms with Gasteiger partial charge in [-0.25, -0.2) is 8.42 Å². The van der Waals surface area contributed by atoms with Crippen molar-refractivity contribution in [3.05, 3.63) is 58.5 Å². The third-order valence-electron chi connectivity index (χ3n) is 5.31. The third-order valence-corrected chi connectivity index (χ3v) is 7.22. The van der Waals surface area contributed by atoms with Gasteiger partial charge in [0.2, 0.25) is 15.9 Å². The Bertz CT molecular complexity index is 1040. The maximum atomic E-state index is 12.9. The molecule has 2 heterocycles. The van der Waals surface area contributed by atoms with Crippen molar-refractivity contribution in [2.45, 2.75) is 37.8 Å². The van der Waals surface area contributed by atoms with Gasteiger partial charge in [0.25, 0.3) is 5.56 Å². The van der Waals surface area contributed by atoms with Crippen LogP contribution in [0.25, 0.3) is 0 Å². The first-order valence-corrected chi connectivity index (χ1v) is 11.3. The summed E-state index contributed by atoms with van der Waals surface area (Å²) in [6.45, 7) is 2.93. The van der Waals surface area contributed by atoms with E-state index in [0.29, 0.717) is 25.6 Å². The minimum absolute atomic E-state index is 0.255. The number of rotatable bonds is 7. The van der Waals surface area contributed by atoms with E-state index in [-0.39, 0.29) is 17.3 Å². The van der Waals surface area contributed by atoms with Crippen LogP contribution in [0, 0.1) is 5.92 Å². The van der Waals surface area contributed by atoms with Gasteiger partial charge in [-0.2, -0.15) is 4.31 Å². The molecule has 0 spiro atoms. The highest BCUT2D eigenvalue weighted by atomic mass is 32.2. The van der Waals surface area contributed by atoms with Gasteiger partial charge in [-0.15, -0.1) is 0 Å². The number of hydrogen-bond donors (Lipinski definition) is 1. The second kappa shape index (κ2) is 9.44. The zero-order chi connectivity index (χ0) is 21.7. The van der Waals surface area contributed by atoms with Gasteiger partial charge in [-0.3, -0.25) is 9.59 Å². The van der Waals surface area contributed by atoms with Crippen molar-refractivity contribution in [3.8, 4) is 5.75 Å². The molecule has 30 heavy (non-hydrogen) atoms. The maximum Gasteiger partial charge on any atom is 0.271 e. The summed E-state index contributed by atoms with van der Waals surface area (Å²) in [5.41, 5.74) is 0.197. The van der Waals surface area contributed by atoms with E-state index in [1.807, 2.05) is 12.1 Å². The number of aromatic nitrogens is 1. The lowest BCUT2D eigenvalue weighted by Gasteiger charge is -2.29. The van der Waals surface area contributed by atoms with E-state index in [4.69, 9.17) is 4.74 Å². The summed E-state index contributed by atoms with van der Waals surface area (Å²) in [6.07, 6.45) is 2.97. The first kappa shape index (κ1) is 22.0. The van der Waals surface area contributed by atoms with E-state index in [1.165, 1.54) is 22.6 Å². The van der Waals surface area contributed by atoms with Gasteiger partial charge in [0.1, 0.15) is 17.2 Å². The number of carbonyl (C=O) groups excluding carboxylic acids is 1. The molecule has 8 nitrogen and oxygen atoms in total. The quantitative estimate of drug-likeness (QED) is 0.715. The number of piperidine rings is 1. The fourth-order valence-corrected chi connectivity index (χ4v) is 4.91. The second-order valence-electron chi connectivity index (χ2n) is 7.52. The normalized spacial score (nSPS) is 15.7. The van der Waals surface area contributed by atoms with Gasteiger partial charge < -0.3 is 14.6 Å². The summed E-state index contributed by atoms with van der Waals surface area (Å²) >= 11 is 0. The Labute approximate surface area is 176 Å². The standard InChI is InChI=1S/C21H27N3O5S/c1-16-9-12-24(13-10-16)30(27,28)19-4-3-11-23(21(19)26)15-20(25)22-14-17-5-7-18(29-2)8-6-17/h3-8,11,16H,9-10,12-15H2,1-2H3,(H,22,25). The molecule has 1 saturated heterocycles. The minimum Gasteiger partial charge on any atom is -0.497 e. The van der Waals surface area contributed by atoms with Crippen LogP contribution in [-0.2, 0) is 27.9 Å². The van der Waals surface area contributed by atoms with Crippen LogP contribution in [0.2, 0.25) is 0 Å². The topological polar surface area (TPSA) is 97.7 Å². The average molecular weight is 434 g/mol. The van der Waals surface area contributed by atoms with E-state index in [0.717, 1.165) is 28.7 Å². The highest BCUT2D eigenvalue weighted by molar-refractivity contribution is 7.89. The first-order valence-electron chi connectivity index (χ1n) is 9.90. The Hall–Kier alpha value is -2.65. The Kier molecular flexibility index (Phi) is 6.94. The molecule has 0 aliphatic carbocycles. The molecular weight excluding hydrogens is 406 g/mol. The number of nitrogens with one attached hydrogen (secondary N) is 1. The largest absolute Gasteiger partial charge is 0.497 e. The number of pyridine rings is 1. The summed E-state index contributed by atoms with van der Waals surface area (Å²) in [7, 11) is -2.30. The molecule has 0 radical (unpaired) electrons. The zero-order valence-electron chi connectivity index (χ0n) is 17.2. The molecule has 2 aromatic rings. The van der Waals surface area contributed by atoms with Crippen LogP contribution < -0.4 is 15.6 Å². The van der Waals surface area contributed by atoms with Crippen molar-refractivity contribution in [1.29, 1.82) is 0 Å². The molecule has 0 atom stereocenters. The highest BCUT2D eigenvalue weighted by Gasteiger charge is 2.30. The molecule has 1 aromatic heterocycles. The predicted octanol–water partition coefficient (Wildman–Crippen LogP) is 1.59. The number of hydrogen-bond acceptors (Lipinski definition) is 5. The molecular formula is C21H27N3O5S. The molecule has 9 heteroatoms. The van der Waals surface area contributed by atoms with Gasteiger partial charge in [0.05, 0.1) is 7.11 Å². The van der Waals surface area contributed by atoms with Crippen molar-refractivity contribution in [2.75, 3.05) is 20.2 Å². The zero-order valence-corrected chi connectivity index (χ0v) is 18.0. The fraction of sp³-hybridized carbons (Fsp3) is 0.429. The van der Waals surface area contributed by atoms with Crippen molar-refractivity contribution in [2.24, 2.45) is 5.92 Å². The molecule has 0 saturated carbocycles. The lowest BCUT2D eigenvalue weighted by atomic mass is 10.0. The Morgan fingerprint density at radius 1 is 1.17 bits per heavy atom. The van der Waals surface area contributed by atoms with Gasteiger partial charge in [-0.1, -0.05) is 19.1 Å². The van der Waals surface area contributed by atoms with Crippen LogP contribution >= 0.6 is 0 Å². The average Bonchev–Trinajstić information content (AvgIpc) is 2.74. The maximum absolute atomic E-state index is 12.9. The number of nitrogens with zero attached hydrogens (tertiary/aromatic N) is 2. The molecule has 1 amide bonds. The fourth-order valence-electron chi connectivity index (χ4n) is 3.35. The molecule has 1 aliphatic rings. The van der Waals surface area contributed by atoms with E-state index >= 15 is 0 Å². The number of methoxy groups -OCH3 is 1. The molecule has 1 aromatic carbocycles. The van der Waals surface area contributed by atoms with Gasteiger partial charge in [0, 0.05) is 25.8 Å². The third kappa shape index (κ3) is 5.09. The molecule has 0 unspecified atom stereocenters. The molecule has 1 aliphatic heterocycles. The molecule has 1 N–H and O–H groups in total. The van der Waals surface area contributed by atoms with E-state index < -0.39 is 15.6 Å². The van der Waals surface area contributed by atoms with Crippen LogP contribution in [-0.4, -0.2) is 43.4 Å². The number of carbonyl (C=O) groups is 1. The molecule has 3 rings (SSSR count). The number of amides is 1. The highest BCUT2D eigenvalue weighted by Crippen LogP contribution is 2.21. The second-order valence-corrected chi connectivity index (χ2v) is 9.42. The van der Waals surface area contributed by atoms with Crippen molar-refractivity contribution >= 4 is 15.9 Å². The van der Waals surface area contributed by atoms with Gasteiger partial charge in [0.15, 0.2) is 0 Å². The summed E-state index contributed by atoms with van der Waals surface area (Å²) in [5.74, 6) is 0.811. The number of ether oxygens (including phenoxy) is 1. The predicted molar refractivity (Wildman–Crippen MR) is 113 cm³/mol. The van der Waals surface area contributed by atoms with Crippen LogP contribution in [0.5, 0.6) is 5.75 Å². The summed E-state index contributed by atoms with van der Waals surface area (Å²) in [4.78, 5) is 24.8. The molecule has 1 fully saturated rings. The van der Waals surface area contributed by atoms with Crippen molar-refractivity contribution < 1.29 is 17.9 Å². The summed E-state index contributed by atoms with van der Waals surface area (Å²) < 4.78 is 33.4. The summed E-state index contributed by atoms with van der Waals surface area (Å²) in [6, 6.07) is 10.0. The van der Waals surface area contributed by atoms with Crippen molar-refractivity contribution in [3.63, 3.8) is 0 Å². The van der Waals surface area contributed by atoms with Crippen LogP contribution in [0.15, 0.2) is 52.3 Å². The van der Waals surface area contributed by atoms with Crippen molar-refractivity contribution in [1.82, 2.24) is 14.2 Å². The van der Waals surface area contributed by atoms with E-state index in [2.05, 4.69) is 12.2 Å². The number of benzene rings is 1. The minimum atomic E-state index is -3.88. The Morgan fingerprint density at radius 3 is 2.47 bits per heavy atom. The molecule has 0 bridgehead atoms. The van der Waals surface area contributed by atoms with Gasteiger partial charge in [-0.05, 0) is 48.6 Å². The lowest BCUT2D eigenvalue weighted by Crippen LogP contribution is -2.41. The summed E-state index contributed by atoms with van der Waals surface area (Å²) in [5, 5.41) is 2.74. The lowest BCUT2D eigenvalue weighted by molar-refractivity contribution is -0.121. The van der Waals surface area contributed by atoms with Gasteiger partial charge >= 0.3 is 0 Å². The Morgan fingerprint density at radius 2 is 1.83 bits per heavy atom.